The normalized spacial score (nSPS) is 10.8. The van der Waals surface area contributed by atoms with Crippen LogP contribution in [0.4, 0.5) is 0 Å². The van der Waals surface area contributed by atoms with Crippen LogP contribution in [-0.2, 0) is 0 Å². The van der Waals surface area contributed by atoms with Crippen LogP contribution in [0.25, 0.3) is 22.0 Å². The molecule has 3 rings (SSSR count). The van der Waals surface area contributed by atoms with Crippen molar-refractivity contribution >= 4 is 10.9 Å². The minimum absolute atomic E-state index is 0.134. The molecule has 0 aliphatic heterocycles. The molecule has 0 bridgehead atoms. The molecule has 0 unspecified atom stereocenters. The fourth-order valence-electron chi connectivity index (χ4n) is 2.12. The number of phenolic OH excluding ortho intramolecular Hbond substituents is 1. The van der Waals surface area contributed by atoms with Crippen molar-refractivity contribution in [1.29, 1.82) is 0 Å². The maximum absolute atomic E-state index is 11.8. The first-order valence-electron chi connectivity index (χ1n) is 5.93. The topological polar surface area (TPSA) is 66.0 Å². The van der Waals surface area contributed by atoms with Gasteiger partial charge in [-0.3, -0.25) is 4.79 Å². The quantitative estimate of drug-likeness (QED) is 0.699. The average Bonchev–Trinajstić information content (AvgIpc) is 2.37. The third-order valence-electron chi connectivity index (χ3n) is 3.00. The van der Waals surface area contributed by atoms with Gasteiger partial charge in [0.1, 0.15) is 11.6 Å². The van der Waals surface area contributed by atoms with Crippen LogP contribution in [0.15, 0.2) is 47.3 Å². The Balaban J connectivity index is 2.24. The van der Waals surface area contributed by atoms with Crippen molar-refractivity contribution in [2.75, 3.05) is 0 Å². The first-order chi connectivity index (χ1) is 9.13. The van der Waals surface area contributed by atoms with E-state index in [-0.39, 0.29) is 11.3 Å². The molecule has 0 aliphatic carbocycles. The first kappa shape index (κ1) is 11.5. The van der Waals surface area contributed by atoms with Gasteiger partial charge in [-0.05, 0) is 42.3 Å². The lowest BCUT2D eigenvalue weighted by molar-refractivity contribution is 0.475. The number of benzene rings is 2. The van der Waals surface area contributed by atoms with Gasteiger partial charge in [-0.2, -0.15) is 0 Å². The molecule has 1 heterocycles. The second kappa shape index (κ2) is 4.24. The Morgan fingerprint density at radius 1 is 1.11 bits per heavy atom. The zero-order valence-electron chi connectivity index (χ0n) is 10.3. The van der Waals surface area contributed by atoms with Crippen molar-refractivity contribution in [2.45, 2.75) is 6.92 Å². The number of hydrogen-bond acceptors (Lipinski definition) is 3. The molecule has 0 spiro atoms. The molecule has 0 saturated carbocycles. The van der Waals surface area contributed by atoms with Gasteiger partial charge in [-0.1, -0.05) is 18.2 Å². The highest BCUT2D eigenvalue weighted by Gasteiger charge is 2.04. The smallest absolute Gasteiger partial charge is 0.258 e. The zero-order chi connectivity index (χ0) is 13.4. The second-order valence-corrected chi connectivity index (χ2v) is 4.43. The molecule has 1 aromatic heterocycles. The first-order valence-corrected chi connectivity index (χ1v) is 5.93. The van der Waals surface area contributed by atoms with Crippen molar-refractivity contribution in [2.24, 2.45) is 0 Å². The van der Waals surface area contributed by atoms with Gasteiger partial charge in [0.05, 0.1) is 10.9 Å². The highest BCUT2D eigenvalue weighted by molar-refractivity contribution is 5.83. The third-order valence-corrected chi connectivity index (χ3v) is 3.00. The van der Waals surface area contributed by atoms with Crippen LogP contribution in [0.3, 0.4) is 0 Å². The Morgan fingerprint density at radius 3 is 2.68 bits per heavy atom. The van der Waals surface area contributed by atoms with Crippen molar-refractivity contribution in [3.8, 4) is 16.9 Å². The van der Waals surface area contributed by atoms with E-state index in [0.717, 1.165) is 11.1 Å². The van der Waals surface area contributed by atoms with Crippen molar-refractivity contribution < 1.29 is 5.11 Å². The van der Waals surface area contributed by atoms with Crippen molar-refractivity contribution in [3.63, 3.8) is 0 Å². The van der Waals surface area contributed by atoms with Crippen LogP contribution in [0.1, 0.15) is 5.82 Å². The summed E-state index contributed by atoms with van der Waals surface area (Å²) in [5, 5.41) is 10.1. The molecule has 0 saturated heterocycles. The van der Waals surface area contributed by atoms with Crippen LogP contribution >= 0.6 is 0 Å². The number of H-pyrrole nitrogens is 1. The molecule has 0 atom stereocenters. The predicted molar refractivity (Wildman–Crippen MR) is 74.2 cm³/mol. The maximum atomic E-state index is 11.8. The average molecular weight is 252 g/mol. The number of aromatic amines is 1. The lowest BCUT2D eigenvalue weighted by Gasteiger charge is -2.04. The number of phenols is 1. The highest BCUT2D eigenvalue weighted by atomic mass is 16.3. The molecule has 0 aliphatic rings. The van der Waals surface area contributed by atoms with E-state index in [9.17, 15) is 9.90 Å². The number of aromatic nitrogens is 2. The Bertz CT molecular complexity index is 822. The van der Waals surface area contributed by atoms with Crippen LogP contribution < -0.4 is 5.56 Å². The van der Waals surface area contributed by atoms with E-state index in [4.69, 9.17) is 0 Å². The molecule has 0 radical (unpaired) electrons. The lowest BCUT2D eigenvalue weighted by Crippen LogP contribution is -2.09. The standard InChI is InChI=1S/C15H12N2O2/c1-9-16-14-8-11(5-6-13(14)15(19)17-9)10-3-2-4-12(18)7-10/h2-8,18H,1H3,(H,16,17,19). The van der Waals surface area contributed by atoms with E-state index < -0.39 is 0 Å². The Hall–Kier alpha value is -2.62. The van der Waals surface area contributed by atoms with E-state index in [1.165, 1.54) is 0 Å². The molecule has 0 amide bonds. The van der Waals surface area contributed by atoms with E-state index in [1.807, 2.05) is 18.2 Å². The minimum atomic E-state index is -0.134. The van der Waals surface area contributed by atoms with Gasteiger partial charge in [-0.25, -0.2) is 4.98 Å². The van der Waals surface area contributed by atoms with Gasteiger partial charge >= 0.3 is 0 Å². The monoisotopic (exact) mass is 252 g/mol. The van der Waals surface area contributed by atoms with Crippen LogP contribution in [0.2, 0.25) is 0 Å². The molecule has 2 aromatic carbocycles. The number of aryl methyl sites for hydroxylation is 1. The summed E-state index contributed by atoms with van der Waals surface area (Å²) in [6.45, 7) is 1.75. The van der Waals surface area contributed by atoms with Gasteiger partial charge < -0.3 is 10.1 Å². The Labute approximate surface area is 109 Å². The number of rotatable bonds is 1. The zero-order valence-corrected chi connectivity index (χ0v) is 10.3. The molecule has 4 nitrogen and oxygen atoms in total. The van der Waals surface area contributed by atoms with E-state index in [1.54, 1.807) is 31.2 Å². The molecule has 2 N–H and O–H groups in total. The SMILES string of the molecule is Cc1nc2cc(-c3cccc(O)c3)ccc2c(=O)[nH]1. The summed E-state index contributed by atoms with van der Waals surface area (Å²) >= 11 is 0. The molecule has 94 valence electrons. The van der Waals surface area contributed by atoms with Gasteiger partial charge in [0.15, 0.2) is 0 Å². The van der Waals surface area contributed by atoms with Crippen LogP contribution in [0, 0.1) is 6.92 Å². The molecule has 19 heavy (non-hydrogen) atoms. The third kappa shape index (κ3) is 2.08. The number of aromatic hydroxyl groups is 1. The van der Waals surface area contributed by atoms with Gasteiger partial charge in [0.2, 0.25) is 0 Å². The number of nitrogens with zero attached hydrogens (tertiary/aromatic N) is 1. The predicted octanol–water partition coefficient (Wildman–Crippen LogP) is 2.60. The van der Waals surface area contributed by atoms with Crippen molar-refractivity contribution in [1.82, 2.24) is 9.97 Å². The Kier molecular flexibility index (Phi) is 2.56. The minimum Gasteiger partial charge on any atom is -0.508 e. The van der Waals surface area contributed by atoms with Gasteiger partial charge in [0, 0.05) is 0 Å². The summed E-state index contributed by atoms with van der Waals surface area (Å²) in [5.41, 5.74) is 2.33. The highest BCUT2D eigenvalue weighted by Crippen LogP contribution is 2.25. The number of nitrogens with one attached hydrogen (secondary N) is 1. The molecular formula is C15H12N2O2. The summed E-state index contributed by atoms with van der Waals surface area (Å²) in [5.74, 6) is 0.804. The fraction of sp³-hybridized carbons (Fsp3) is 0.0667. The fourth-order valence-corrected chi connectivity index (χ4v) is 2.12. The van der Waals surface area contributed by atoms with Crippen LogP contribution in [-0.4, -0.2) is 15.1 Å². The van der Waals surface area contributed by atoms with E-state index >= 15 is 0 Å². The van der Waals surface area contributed by atoms with Gasteiger partial charge in [0.25, 0.3) is 5.56 Å². The van der Waals surface area contributed by atoms with Crippen molar-refractivity contribution in [3.05, 3.63) is 58.6 Å². The summed E-state index contributed by atoms with van der Waals surface area (Å²) in [6.07, 6.45) is 0. The largest absolute Gasteiger partial charge is 0.508 e. The number of hydrogen-bond donors (Lipinski definition) is 2. The second-order valence-electron chi connectivity index (χ2n) is 4.43. The molecule has 0 fully saturated rings. The van der Waals surface area contributed by atoms with E-state index in [0.29, 0.717) is 16.7 Å². The number of fused-ring (bicyclic) bond motifs is 1. The summed E-state index contributed by atoms with van der Waals surface area (Å²) in [4.78, 5) is 18.8. The maximum Gasteiger partial charge on any atom is 0.258 e. The van der Waals surface area contributed by atoms with Gasteiger partial charge in [-0.15, -0.1) is 0 Å². The summed E-state index contributed by atoms with van der Waals surface area (Å²) in [7, 11) is 0. The molecule has 3 aromatic rings. The summed E-state index contributed by atoms with van der Waals surface area (Å²) in [6, 6.07) is 12.4. The lowest BCUT2D eigenvalue weighted by atomic mass is 10.0. The van der Waals surface area contributed by atoms with E-state index in [2.05, 4.69) is 9.97 Å². The molecular weight excluding hydrogens is 240 g/mol. The summed E-state index contributed by atoms with van der Waals surface area (Å²) < 4.78 is 0. The Morgan fingerprint density at radius 2 is 1.89 bits per heavy atom. The molecule has 4 heteroatoms. The van der Waals surface area contributed by atoms with Crippen LogP contribution in [0.5, 0.6) is 5.75 Å².